The van der Waals surface area contributed by atoms with E-state index in [1.54, 1.807) is 25.3 Å². The Kier molecular flexibility index (Phi) is 5.94. The van der Waals surface area contributed by atoms with Crippen LogP contribution in [0.3, 0.4) is 0 Å². The van der Waals surface area contributed by atoms with E-state index in [-0.39, 0.29) is 5.63 Å². The summed E-state index contributed by atoms with van der Waals surface area (Å²) in [4.78, 5) is 13.2. The first-order valence-electron chi connectivity index (χ1n) is 8.84. The monoisotopic (exact) mass is 366 g/mol. The average molecular weight is 366 g/mol. The van der Waals surface area contributed by atoms with E-state index in [1.165, 1.54) is 10.5 Å². The third kappa shape index (κ3) is 4.77. The van der Waals surface area contributed by atoms with Crippen molar-refractivity contribution >= 4 is 11.0 Å². The topological polar surface area (TPSA) is 53.1 Å². The molecule has 5 heteroatoms. The number of hydrogen-bond donors (Lipinski definition) is 1. The van der Waals surface area contributed by atoms with Gasteiger partial charge in [-0.05, 0) is 36.4 Å². The van der Waals surface area contributed by atoms with Crippen molar-refractivity contribution in [1.29, 1.82) is 0 Å². The maximum absolute atomic E-state index is 11.9. The Hall–Kier alpha value is -3.05. The SMILES string of the molecule is C=CCOc1ccc(C[NH+](C)Cc2cc(=O)oc3cc(OC)ccc23)cc1. The maximum Gasteiger partial charge on any atom is 0.336 e. The predicted molar refractivity (Wildman–Crippen MR) is 105 cm³/mol. The molecule has 5 nitrogen and oxygen atoms in total. The Labute approximate surface area is 158 Å². The second-order valence-corrected chi connectivity index (χ2v) is 6.51. The van der Waals surface area contributed by atoms with Crippen LogP contribution in [0.15, 0.2) is 70.4 Å². The van der Waals surface area contributed by atoms with Crippen molar-refractivity contribution in [1.82, 2.24) is 0 Å². The van der Waals surface area contributed by atoms with E-state index in [4.69, 9.17) is 13.9 Å². The number of rotatable bonds is 8. The second kappa shape index (κ2) is 8.56. The Morgan fingerprint density at radius 3 is 2.52 bits per heavy atom. The van der Waals surface area contributed by atoms with Crippen molar-refractivity contribution in [3.05, 3.63) is 82.7 Å². The Morgan fingerprint density at radius 1 is 1.07 bits per heavy atom. The molecule has 0 aliphatic carbocycles. The predicted octanol–water partition coefficient (Wildman–Crippen LogP) is 2.58. The summed E-state index contributed by atoms with van der Waals surface area (Å²) in [6, 6.07) is 15.2. The molecule has 140 valence electrons. The minimum absolute atomic E-state index is 0.345. The van der Waals surface area contributed by atoms with Crippen molar-refractivity contribution < 1.29 is 18.8 Å². The van der Waals surface area contributed by atoms with Crippen LogP contribution >= 0.6 is 0 Å². The summed E-state index contributed by atoms with van der Waals surface area (Å²) in [5.74, 6) is 1.50. The normalized spacial score (nSPS) is 11.9. The number of ether oxygens (including phenoxy) is 2. The highest BCUT2D eigenvalue weighted by Crippen LogP contribution is 2.22. The standard InChI is InChI=1S/C22H23NO4/c1-4-11-26-18-7-5-16(6-8-18)14-23(2)15-17-12-22(24)27-21-13-19(25-3)9-10-20(17)21/h4-10,12-13H,1,11,14-15H2,2-3H3/p+1. The number of methoxy groups -OCH3 is 1. The molecule has 3 rings (SSSR count). The Balaban J connectivity index is 1.74. The average Bonchev–Trinajstić information content (AvgIpc) is 2.66. The first-order valence-corrected chi connectivity index (χ1v) is 8.84. The van der Waals surface area contributed by atoms with E-state index in [9.17, 15) is 4.79 Å². The van der Waals surface area contributed by atoms with Crippen LogP contribution in [0.4, 0.5) is 0 Å². The van der Waals surface area contributed by atoms with E-state index in [0.29, 0.717) is 24.5 Å². The smallest absolute Gasteiger partial charge is 0.336 e. The third-order valence-corrected chi connectivity index (χ3v) is 4.33. The van der Waals surface area contributed by atoms with Crippen LogP contribution in [0.25, 0.3) is 11.0 Å². The molecule has 2 aromatic carbocycles. The highest BCUT2D eigenvalue weighted by molar-refractivity contribution is 5.81. The number of hydrogen-bond acceptors (Lipinski definition) is 4. The van der Waals surface area contributed by atoms with Crippen molar-refractivity contribution in [2.75, 3.05) is 20.8 Å². The number of fused-ring (bicyclic) bond motifs is 1. The maximum atomic E-state index is 11.9. The molecule has 27 heavy (non-hydrogen) atoms. The van der Waals surface area contributed by atoms with Gasteiger partial charge in [-0.3, -0.25) is 0 Å². The van der Waals surface area contributed by atoms with Gasteiger partial charge in [-0.25, -0.2) is 4.79 Å². The first-order chi connectivity index (χ1) is 13.1. The van der Waals surface area contributed by atoms with Crippen molar-refractivity contribution in [2.45, 2.75) is 13.1 Å². The summed E-state index contributed by atoms with van der Waals surface area (Å²) in [7, 11) is 3.70. The molecule has 1 heterocycles. The summed E-state index contributed by atoms with van der Waals surface area (Å²) < 4.78 is 16.0. The molecule has 0 saturated carbocycles. The summed E-state index contributed by atoms with van der Waals surface area (Å²) in [6.07, 6.45) is 1.72. The number of quaternary nitrogens is 1. The molecule has 0 fully saturated rings. The van der Waals surface area contributed by atoms with Crippen molar-refractivity contribution in [3.63, 3.8) is 0 Å². The van der Waals surface area contributed by atoms with Crippen LogP contribution in [0, 0.1) is 0 Å². The molecule has 1 N–H and O–H groups in total. The lowest BCUT2D eigenvalue weighted by molar-refractivity contribution is -0.907. The third-order valence-electron chi connectivity index (χ3n) is 4.33. The van der Waals surface area contributed by atoms with Crippen molar-refractivity contribution in [2.24, 2.45) is 0 Å². The second-order valence-electron chi connectivity index (χ2n) is 6.51. The zero-order valence-electron chi connectivity index (χ0n) is 15.7. The van der Waals surface area contributed by atoms with Gasteiger partial charge in [0.15, 0.2) is 0 Å². The first kappa shape index (κ1) is 18.7. The van der Waals surface area contributed by atoms with Crippen LogP contribution in [-0.2, 0) is 13.1 Å². The zero-order chi connectivity index (χ0) is 19.2. The van der Waals surface area contributed by atoms with Crippen molar-refractivity contribution in [3.8, 4) is 11.5 Å². The lowest BCUT2D eigenvalue weighted by Gasteiger charge is -2.15. The molecule has 0 aliphatic heterocycles. The van der Waals surface area contributed by atoms with Gasteiger partial charge in [-0.15, -0.1) is 0 Å². The van der Waals surface area contributed by atoms with Gasteiger partial charge in [0.1, 0.15) is 36.8 Å². The Morgan fingerprint density at radius 2 is 1.81 bits per heavy atom. The van der Waals surface area contributed by atoms with Gasteiger partial charge in [-0.2, -0.15) is 0 Å². The van der Waals surface area contributed by atoms with Crippen LogP contribution in [-0.4, -0.2) is 20.8 Å². The van der Waals surface area contributed by atoms with Crippen LogP contribution in [0.1, 0.15) is 11.1 Å². The summed E-state index contributed by atoms with van der Waals surface area (Å²) in [5.41, 5.74) is 2.37. The highest BCUT2D eigenvalue weighted by Gasteiger charge is 2.12. The Bertz CT molecular complexity index is 976. The van der Waals surface area contributed by atoms with E-state index in [1.807, 2.05) is 24.3 Å². The summed E-state index contributed by atoms with van der Waals surface area (Å²) in [5, 5.41) is 0.933. The lowest BCUT2D eigenvalue weighted by atomic mass is 10.1. The van der Waals surface area contributed by atoms with E-state index >= 15 is 0 Å². The summed E-state index contributed by atoms with van der Waals surface area (Å²) >= 11 is 0. The molecule has 0 aliphatic rings. The van der Waals surface area contributed by atoms with Gasteiger partial charge < -0.3 is 18.8 Å². The molecule has 1 unspecified atom stereocenters. The van der Waals surface area contributed by atoms with Gasteiger partial charge in [0.2, 0.25) is 0 Å². The minimum Gasteiger partial charge on any atom is -0.497 e. The zero-order valence-corrected chi connectivity index (χ0v) is 15.7. The molecule has 3 aromatic rings. The van der Waals surface area contributed by atoms with E-state index in [0.717, 1.165) is 23.2 Å². The van der Waals surface area contributed by atoms with Gasteiger partial charge in [0.25, 0.3) is 0 Å². The molecule has 1 atom stereocenters. The largest absolute Gasteiger partial charge is 0.497 e. The fraction of sp³-hybridized carbons (Fsp3) is 0.227. The van der Waals surface area contributed by atoms with Crippen LogP contribution < -0.4 is 20.0 Å². The van der Waals surface area contributed by atoms with Gasteiger partial charge in [0.05, 0.1) is 14.2 Å². The fourth-order valence-corrected chi connectivity index (χ4v) is 3.08. The molecule has 0 saturated heterocycles. The lowest BCUT2D eigenvalue weighted by Crippen LogP contribution is -3.06. The quantitative estimate of drug-likeness (QED) is 0.492. The minimum atomic E-state index is -0.345. The number of benzene rings is 2. The molecule has 0 spiro atoms. The molecule has 1 aromatic heterocycles. The molecular weight excluding hydrogens is 342 g/mol. The highest BCUT2D eigenvalue weighted by atomic mass is 16.5. The van der Waals surface area contributed by atoms with Crippen LogP contribution in [0.5, 0.6) is 11.5 Å². The van der Waals surface area contributed by atoms with Gasteiger partial charge >= 0.3 is 5.63 Å². The number of nitrogens with one attached hydrogen (secondary N) is 1. The fourth-order valence-electron chi connectivity index (χ4n) is 3.08. The molecule has 0 radical (unpaired) electrons. The molecule has 0 bridgehead atoms. The van der Waals surface area contributed by atoms with E-state index < -0.39 is 0 Å². The molecular formula is C22H24NO4+. The van der Waals surface area contributed by atoms with Gasteiger partial charge in [-0.1, -0.05) is 12.7 Å². The van der Waals surface area contributed by atoms with Gasteiger partial charge in [0, 0.05) is 28.6 Å². The van der Waals surface area contributed by atoms with E-state index in [2.05, 4.69) is 25.8 Å². The summed E-state index contributed by atoms with van der Waals surface area (Å²) in [6.45, 7) is 5.69. The van der Waals surface area contributed by atoms with Crippen LogP contribution in [0.2, 0.25) is 0 Å². The molecule has 0 amide bonds.